The lowest BCUT2D eigenvalue weighted by Crippen LogP contribution is -2.02. The van der Waals surface area contributed by atoms with Crippen molar-refractivity contribution < 1.29 is 4.39 Å². The number of allylic oxidation sites excluding steroid dienone is 2. The predicted octanol–water partition coefficient (Wildman–Crippen LogP) is 2.99. The van der Waals surface area contributed by atoms with Gasteiger partial charge in [0.25, 0.3) is 0 Å². The van der Waals surface area contributed by atoms with Gasteiger partial charge in [0.1, 0.15) is 6.33 Å². The molecular formula is C9H11ClFN3. The summed E-state index contributed by atoms with van der Waals surface area (Å²) in [6.07, 6.45) is 4.02. The largest absolute Gasteiger partial charge is 0.342 e. The number of hydrogen-bond acceptors (Lipinski definition) is 3. The van der Waals surface area contributed by atoms with Crippen LogP contribution < -0.4 is 5.32 Å². The Bertz CT molecular complexity index is 352. The third-order valence-corrected chi connectivity index (χ3v) is 1.84. The quantitative estimate of drug-likeness (QED) is 0.788. The fraction of sp³-hybridized carbons (Fsp3) is 0.333. The van der Waals surface area contributed by atoms with Crippen LogP contribution in [0.4, 0.5) is 10.2 Å². The molecule has 0 unspecified atom stereocenters. The second kappa shape index (κ2) is 4.91. The summed E-state index contributed by atoms with van der Waals surface area (Å²) >= 11 is 5.49. The average Bonchev–Trinajstić information content (AvgIpc) is 2.13. The number of aromatic nitrogens is 2. The van der Waals surface area contributed by atoms with E-state index in [0.29, 0.717) is 0 Å². The summed E-state index contributed by atoms with van der Waals surface area (Å²) in [6.45, 7) is 3.83. The lowest BCUT2D eigenvalue weighted by atomic mass is 10.3. The Hall–Kier alpha value is -1.16. The molecule has 0 fully saturated rings. The molecule has 0 saturated heterocycles. The summed E-state index contributed by atoms with van der Waals surface area (Å²) in [7, 11) is 0. The standard InChI is InChI=1S/C9H11ClFN3/c1-3-4-6(2)14-9-7(11)8(10)12-5-13-9/h4-5H,3H2,1-2H3,(H,12,13,14)/b6-4+. The minimum atomic E-state index is -0.627. The van der Waals surface area contributed by atoms with E-state index < -0.39 is 5.82 Å². The molecule has 1 aromatic heterocycles. The highest BCUT2D eigenvalue weighted by Gasteiger charge is 2.08. The molecule has 0 aliphatic heterocycles. The highest BCUT2D eigenvalue weighted by Crippen LogP contribution is 2.18. The number of nitrogens with one attached hydrogen (secondary N) is 1. The van der Waals surface area contributed by atoms with E-state index >= 15 is 0 Å². The Morgan fingerprint density at radius 3 is 3.00 bits per heavy atom. The van der Waals surface area contributed by atoms with Gasteiger partial charge in [0, 0.05) is 5.70 Å². The Labute approximate surface area is 87.0 Å². The number of nitrogens with zero attached hydrogens (tertiary/aromatic N) is 2. The molecule has 0 aliphatic carbocycles. The van der Waals surface area contributed by atoms with Crippen molar-refractivity contribution >= 4 is 17.4 Å². The van der Waals surface area contributed by atoms with Gasteiger partial charge in [-0.2, -0.15) is 4.39 Å². The van der Waals surface area contributed by atoms with E-state index in [1.54, 1.807) is 0 Å². The first kappa shape index (κ1) is 10.9. The Kier molecular flexibility index (Phi) is 3.83. The van der Waals surface area contributed by atoms with Gasteiger partial charge in [0.2, 0.25) is 5.82 Å². The molecule has 76 valence electrons. The molecule has 0 aromatic carbocycles. The molecule has 0 bridgehead atoms. The van der Waals surface area contributed by atoms with Gasteiger partial charge in [-0.25, -0.2) is 9.97 Å². The monoisotopic (exact) mass is 215 g/mol. The fourth-order valence-electron chi connectivity index (χ4n) is 0.979. The molecule has 0 spiro atoms. The van der Waals surface area contributed by atoms with E-state index in [2.05, 4.69) is 15.3 Å². The van der Waals surface area contributed by atoms with Gasteiger partial charge in [-0.3, -0.25) is 0 Å². The van der Waals surface area contributed by atoms with Crippen LogP contribution in [-0.4, -0.2) is 9.97 Å². The van der Waals surface area contributed by atoms with Crippen LogP contribution in [0.3, 0.4) is 0 Å². The van der Waals surface area contributed by atoms with Crippen LogP contribution in [0.1, 0.15) is 20.3 Å². The molecule has 3 nitrogen and oxygen atoms in total. The van der Waals surface area contributed by atoms with Crippen LogP contribution in [0.5, 0.6) is 0 Å². The zero-order valence-electron chi connectivity index (χ0n) is 8.01. The molecule has 5 heteroatoms. The lowest BCUT2D eigenvalue weighted by molar-refractivity contribution is 0.618. The number of rotatable bonds is 3. The smallest absolute Gasteiger partial charge is 0.202 e. The highest BCUT2D eigenvalue weighted by atomic mass is 35.5. The van der Waals surface area contributed by atoms with Crippen LogP contribution in [0.2, 0.25) is 5.15 Å². The van der Waals surface area contributed by atoms with E-state index in [4.69, 9.17) is 11.6 Å². The third kappa shape index (κ3) is 2.67. The van der Waals surface area contributed by atoms with Crippen molar-refractivity contribution in [1.29, 1.82) is 0 Å². The molecule has 1 rings (SSSR count). The van der Waals surface area contributed by atoms with Crippen molar-refractivity contribution in [2.24, 2.45) is 0 Å². The lowest BCUT2D eigenvalue weighted by Gasteiger charge is -2.06. The van der Waals surface area contributed by atoms with Crippen LogP contribution in [0.25, 0.3) is 0 Å². The molecule has 0 radical (unpaired) electrons. The maximum atomic E-state index is 13.3. The summed E-state index contributed by atoms with van der Waals surface area (Å²) in [6, 6.07) is 0. The first-order valence-corrected chi connectivity index (χ1v) is 4.62. The summed E-state index contributed by atoms with van der Waals surface area (Å²) in [4.78, 5) is 7.25. The molecule has 0 atom stereocenters. The SMILES string of the molecule is CC/C=C(\C)Nc1ncnc(Cl)c1F. The van der Waals surface area contributed by atoms with E-state index in [1.807, 2.05) is 19.9 Å². The van der Waals surface area contributed by atoms with Crippen LogP contribution in [-0.2, 0) is 0 Å². The van der Waals surface area contributed by atoms with Crippen LogP contribution in [0.15, 0.2) is 18.1 Å². The summed E-state index contributed by atoms with van der Waals surface area (Å²) in [5, 5.41) is 2.63. The summed E-state index contributed by atoms with van der Waals surface area (Å²) in [5.74, 6) is -0.523. The molecule has 0 aliphatic rings. The molecule has 1 aromatic rings. The maximum Gasteiger partial charge on any atom is 0.202 e. The van der Waals surface area contributed by atoms with Gasteiger partial charge in [0.15, 0.2) is 11.0 Å². The molecule has 1 N–H and O–H groups in total. The Morgan fingerprint density at radius 2 is 2.36 bits per heavy atom. The van der Waals surface area contributed by atoms with Crippen molar-refractivity contribution in [3.05, 3.63) is 29.1 Å². The zero-order chi connectivity index (χ0) is 10.6. The van der Waals surface area contributed by atoms with E-state index in [0.717, 1.165) is 12.1 Å². The maximum absolute atomic E-state index is 13.3. The van der Waals surface area contributed by atoms with Crippen LogP contribution in [0, 0.1) is 5.82 Å². The van der Waals surface area contributed by atoms with Crippen LogP contribution >= 0.6 is 11.6 Å². The molecule has 14 heavy (non-hydrogen) atoms. The Balaban J connectivity index is 2.87. The van der Waals surface area contributed by atoms with Crippen molar-refractivity contribution in [2.45, 2.75) is 20.3 Å². The molecule has 0 saturated carbocycles. The third-order valence-electron chi connectivity index (χ3n) is 1.57. The minimum Gasteiger partial charge on any atom is -0.342 e. The van der Waals surface area contributed by atoms with Gasteiger partial charge >= 0.3 is 0 Å². The predicted molar refractivity (Wildman–Crippen MR) is 54.7 cm³/mol. The number of halogens is 2. The average molecular weight is 216 g/mol. The first-order valence-electron chi connectivity index (χ1n) is 4.25. The molecule has 1 heterocycles. The second-order valence-corrected chi connectivity index (χ2v) is 3.11. The normalized spacial score (nSPS) is 11.6. The van der Waals surface area contributed by atoms with Gasteiger partial charge in [-0.1, -0.05) is 24.6 Å². The van der Waals surface area contributed by atoms with Crippen molar-refractivity contribution in [3.8, 4) is 0 Å². The summed E-state index contributed by atoms with van der Waals surface area (Å²) in [5.41, 5.74) is 0.834. The van der Waals surface area contributed by atoms with Gasteiger partial charge in [-0.05, 0) is 13.3 Å². The highest BCUT2D eigenvalue weighted by molar-refractivity contribution is 6.29. The zero-order valence-corrected chi connectivity index (χ0v) is 8.77. The first-order chi connectivity index (χ1) is 6.65. The minimum absolute atomic E-state index is 0.104. The summed E-state index contributed by atoms with van der Waals surface area (Å²) < 4.78 is 13.3. The number of anilines is 1. The van der Waals surface area contributed by atoms with Gasteiger partial charge < -0.3 is 5.32 Å². The fourth-order valence-corrected chi connectivity index (χ4v) is 1.11. The molecule has 0 amide bonds. The van der Waals surface area contributed by atoms with Crippen molar-refractivity contribution in [2.75, 3.05) is 5.32 Å². The van der Waals surface area contributed by atoms with Crippen molar-refractivity contribution in [1.82, 2.24) is 9.97 Å². The topological polar surface area (TPSA) is 37.8 Å². The van der Waals surface area contributed by atoms with Crippen molar-refractivity contribution in [3.63, 3.8) is 0 Å². The molecular weight excluding hydrogens is 205 g/mol. The van der Waals surface area contributed by atoms with E-state index in [-0.39, 0.29) is 11.0 Å². The van der Waals surface area contributed by atoms with E-state index in [9.17, 15) is 4.39 Å². The second-order valence-electron chi connectivity index (χ2n) is 2.75. The van der Waals surface area contributed by atoms with Gasteiger partial charge in [0.05, 0.1) is 0 Å². The van der Waals surface area contributed by atoms with E-state index in [1.165, 1.54) is 6.33 Å². The Morgan fingerprint density at radius 1 is 1.64 bits per heavy atom. The van der Waals surface area contributed by atoms with Gasteiger partial charge in [-0.15, -0.1) is 0 Å². The number of hydrogen-bond donors (Lipinski definition) is 1.